The van der Waals surface area contributed by atoms with Crippen LogP contribution in [0, 0.1) is 12.8 Å². The van der Waals surface area contributed by atoms with Gasteiger partial charge >= 0.3 is 0 Å². The van der Waals surface area contributed by atoms with Crippen molar-refractivity contribution >= 4 is 11.7 Å². The molecule has 0 atom stereocenters. The van der Waals surface area contributed by atoms with E-state index < -0.39 is 0 Å². The van der Waals surface area contributed by atoms with Gasteiger partial charge < -0.3 is 14.3 Å². The van der Waals surface area contributed by atoms with Crippen molar-refractivity contribution in [3.63, 3.8) is 0 Å². The molecule has 1 aliphatic heterocycles. The first kappa shape index (κ1) is 16.4. The molecule has 0 bridgehead atoms. The van der Waals surface area contributed by atoms with Gasteiger partial charge in [0.25, 0.3) is 5.91 Å². The molecule has 1 fully saturated rings. The van der Waals surface area contributed by atoms with Crippen molar-refractivity contribution < 1.29 is 9.32 Å². The van der Waals surface area contributed by atoms with E-state index in [0.717, 1.165) is 31.7 Å². The molecule has 0 unspecified atom stereocenters. The van der Waals surface area contributed by atoms with Gasteiger partial charge in [-0.15, -0.1) is 0 Å². The number of hydrogen-bond acceptors (Lipinski definition) is 6. The maximum Gasteiger partial charge on any atom is 0.255 e. The second-order valence-electron chi connectivity index (χ2n) is 6.47. The van der Waals surface area contributed by atoms with Crippen LogP contribution in [-0.4, -0.2) is 46.1 Å². The summed E-state index contributed by atoms with van der Waals surface area (Å²) in [4.78, 5) is 24.9. The number of pyridine rings is 1. The van der Waals surface area contributed by atoms with Crippen molar-refractivity contribution in [2.45, 2.75) is 33.2 Å². The SMILES string of the molecule is Cc1nc(CN(C)c2ccc(C(=O)N3CCC(C)CC3)cn2)no1. The second-order valence-corrected chi connectivity index (χ2v) is 6.47. The third kappa shape index (κ3) is 3.72. The molecule has 1 aliphatic rings. The van der Waals surface area contributed by atoms with Gasteiger partial charge in [0.05, 0.1) is 12.1 Å². The average molecular weight is 329 g/mol. The largest absolute Gasteiger partial charge is 0.352 e. The minimum atomic E-state index is 0.0670. The lowest BCUT2D eigenvalue weighted by Crippen LogP contribution is -2.37. The Kier molecular flexibility index (Phi) is 4.78. The Balaban J connectivity index is 1.63. The zero-order valence-electron chi connectivity index (χ0n) is 14.4. The highest BCUT2D eigenvalue weighted by molar-refractivity contribution is 5.94. The molecule has 128 valence electrons. The minimum absolute atomic E-state index is 0.0670. The van der Waals surface area contributed by atoms with Crippen molar-refractivity contribution in [2.75, 3.05) is 25.0 Å². The summed E-state index contributed by atoms with van der Waals surface area (Å²) >= 11 is 0. The smallest absolute Gasteiger partial charge is 0.255 e. The zero-order chi connectivity index (χ0) is 17.1. The first-order chi connectivity index (χ1) is 11.5. The molecule has 1 saturated heterocycles. The molecule has 0 aliphatic carbocycles. The molecular weight excluding hydrogens is 306 g/mol. The van der Waals surface area contributed by atoms with Gasteiger partial charge in [0, 0.05) is 33.3 Å². The lowest BCUT2D eigenvalue weighted by atomic mass is 9.99. The summed E-state index contributed by atoms with van der Waals surface area (Å²) in [5.74, 6) is 2.69. The zero-order valence-corrected chi connectivity index (χ0v) is 14.4. The van der Waals surface area contributed by atoms with Crippen molar-refractivity contribution in [3.8, 4) is 0 Å². The molecular formula is C17H23N5O2. The van der Waals surface area contributed by atoms with E-state index in [0.29, 0.717) is 29.7 Å². The number of carbonyl (C=O) groups is 1. The fraction of sp³-hybridized carbons (Fsp3) is 0.529. The standard InChI is InChI=1S/C17H23N5O2/c1-12-6-8-22(9-7-12)17(23)14-4-5-16(18-10-14)21(3)11-15-19-13(2)24-20-15/h4-5,10,12H,6-9,11H2,1-3H3. The number of anilines is 1. The van der Waals surface area contributed by atoms with Crippen LogP contribution >= 0.6 is 0 Å². The summed E-state index contributed by atoms with van der Waals surface area (Å²) in [5, 5.41) is 3.88. The monoisotopic (exact) mass is 329 g/mol. The molecule has 3 heterocycles. The van der Waals surface area contributed by atoms with Crippen LogP contribution in [0.5, 0.6) is 0 Å². The number of hydrogen-bond donors (Lipinski definition) is 0. The summed E-state index contributed by atoms with van der Waals surface area (Å²) < 4.78 is 4.97. The maximum absolute atomic E-state index is 12.5. The third-order valence-electron chi connectivity index (χ3n) is 4.40. The number of amides is 1. The van der Waals surface area contributed by atoms with E-state index in [1.807, 2.05) is 29.0 Å². The van der Waals surface area contributed by atoms with E-state index in [9.17, 15) is 4.79 Å². The van der Waals surface area contributed by atoms with Gasteiger partial charge in [-0.1, -0.05) is 12.1 Å². The lowest BCUT2D eigenvalue weighted by molar-refractivity contribution is 0.0697. The summed E-state index contributed by atoms with van der Waals surface area (Å²) in [7, 11) is 1.90. The Morgan fingerprint density at radius 2 is 2.12 bits per heavy atom. The van der Waals surface area contributed by atoms with Crippen LogP contribution < -0.4 is 4.90 Å². The number of aromatic nitrogens is 3. The highest BCUT2D eigenvalue weighted by Gasteiger charge is 2.21. The van der Waals surface area contributed by atoms with Gasteiger partial charge in [-0.05, 0) is 30.9 Å². The predicted molar refractivity (Wildman–Crippen MR) is 89.7 cm³/mol. The first-order valence-electron chi connectivity index (χ1n) is 8.28. The maximum atomic E-state index is 12.5. The van der Waals surface area contributed by atoms with Crippen LogP contribution in [0.3, 0.4) is 0 Å². The molecule has 0 radical (unpaired) electrons. The Bertz CT molecular complexity index is 689. The average Bonchev–Trinajstić information content (AvgIpc) is 3.00. The molecule has 1 amide bonds. The predicted octanol–water partition coefficient (Wildman–Crippen LogP) is 2.28. The molecule has 0 spiro atoms. The molecule has 2 aromatic rings. The van der Waals surface area contributed by atoms with E-state index in [1.54, 1.807) is 13.1 Å². The van der Waals surface area contributed by atoms with E-state index >= 15 is 0 Å². The van der Waals surface area contributed by atoms with Gasteiger partial charge in [-0.3, -0.25) is 4.79 Å². The summed E-state index contributed by atoms with van der Waals surface area (Å²) in [6.45, 7) is 6.16. The van der Waals surface area contributed by atoms with Gasteiger partial charge in [0.1, 0.15) is 5.82 Å². The Hall–Kier alpha value is -2.44. The Morgan fingerprint density at radius 1 is 1.38 bits per heavy atom. The van der Waals surface area contributed by atoms with Gasteiger partial charge in [0.2, 0.25) is 5.89 Å². The molecule has 24 heavy (non-hydrogen) atoms. The molecule has 0 N–H and O–H groups in total. The van der Waals surface area contributed by atoms with Gasteiger partial charge in [0.15, 0.2) is 5.82 Å². The topological polar surface area (TPSA) is 75.4 Å². The van der Waals surface area contributed by atoms with E-state index in [4.69, 9.17) is 4.52 Å². The van der Waals surface area contributed by atoms with Crippen LogP contribution in [0.25, 0.3) is 0 Å². The van der Waals surface area contributed by atoms with Crippen molar-refractivity contribution in [1.29, 1.82) is 0 Å². The molecule has 0 saturated carbocycles. The first-order valence-corrected chi connectivity index (χ1v) is 8.28. The number of rotatable bonds is 4. The van der Waals surface area contributed by atoms with Crippen molar-refractivity contribution in [1.82, 2.24) is 20.0 Å². The lowest BCUT2D eigenvalue weighted by Gasteiger charge is -2.30. The molecule has 0 aromatic carbocycles. The number of carbonyl (C=O) groups excluding carboxylic acids is 1. The number of piperidine rings is 1. The van der Waals surface area contributed by atoms with Gasteiger partial charge in [-0.25, -0.2) is 4.98 Å². The van der Waals surface area contributed by atoms with Crippen LogP contribution in [0.2, 0.25) is 0 Å². The van der Waals surface area contributed by atoms with E-state index in [1.165, 1.54) is 0 Å². The van der Waals surface area contributed by atoms with E-state index in [-0.39, 0.29) is 5.91 Å². The van der Waals surface area contributed by atoms with E-state index in [2.05, 4.69) is 22.0 Å². The van der Waals surface area contributed by atoms with Crippen molar-refractivity contribution in [3.05, 3.63) is 35.6 Å². The summed E-state index contributed by atoms with van der Waals surface area (Å²) in [6.07, 6.45) is 3.79. The van der Waals surface area contributed by atoms with Gasteiger partial charge in [-0.2, -0.15) is 4.98 Å². The third-order valence-corrected chi connectivity index (χ3v) is 4.40. The summed E-state index contributed by atoms with van der Waals surface area (Å²) in [6, 6.07) is 3.69. The molecule has 7 nitrogen and oxygen atoms in total. The van der Waals surface area contributed by atoms with Crippen molar-refractivity contribution in [2.24, 2.45) is 5.92 Å². The number of nitrogens with zero attached hydrogens (tertiary/aromatic N) is 5. The molecule has 7 heteroatoms. The second kappa shape index (κ2) is 6.98. The number of likely N-dealkylation sites (tertiary alicyclic amines) is 1. The minimum Gasteiger partial charge on any atom is -0.352 e. The number of aryl methyl sites for hydroxylation is 1. The van der Waals surface area contributed by atoms with Crippen LogP contribution in [0.15, 0.2) is 22.9 Å². The van der Waals surface area contributed by atoms with Crippen LogP contribution in [-0.2, 0) is 6.54 Å². The molecule has 3 rings (SSSR count). The fourth-order valence-corrected chi connectivity index (χ4v) is 2.83. The summed E-state index contributed by atoms with van der Waals surface area (Å²) in [5.41, 5.74) is 0.636. The fourth-order valence-electron chi connectivity index (χ4n) is 2.83. The Labute approximate surface area is 141 Å². The highest BCUT2D eigenvalue weighted by atomic mass is 16.5. The normalized spacial score (nSPS) is 15.5. The van der Waals surface area contributed by atoms with Crippen LogP contribution in [0.4, 0.5) is 5.82 Å². The van der Waals surface area contributed by atoms with Crippen LogP contribution in [0.1, 0.15) is 41.8 Å². The molecule has 2 aromatic heterocycles. The Morgan fingerprint density at radius 3 is 2.71 bits per heavy atom. The highest BCUT2D eigenvalue weighted by Crippen LogP contribution is 2.19. The quantitative estimate of drug-likeness (QED) is 0.856.